The number of carbonyl (C=O) groups excluding carboxylic acids is 4. The van der Waals surface area contributed by atoms with Gasteiger partial charge in [0.2, 0.25) is 11.8 Å². The molecule has 282 valence electrons. The number of halogens is 2. The number of nitrogens with zero attached hydrogens (tertiary/aromatic N) is 2. The van der Waals surface area contributed by atoms with Gasteiger partial charge >= 0.3 is 5.97 Å². The van der Waals surface area contributed by atoms with E-state index in [4.69, 9.17) is 33.0 Å². The molecule has 6 atom stereocenters. The molecule has 0 unspecified atom stereocenters. The van der Waals surface area contributed by atoms with Gasteiger partial charge < -0.3 is 14.9 Å². The Balaban J connectivity index is 1.38. The first-order chi connectivity index (χ1) is 25.8. The number of methoxy groups -OCH3 is 1. The standard InChI is InChI=1S/C41H41Cl2N3O8/c1-21-17-23(18-22(2)36(21)49)35-27-13-14-28-34(39(52)45(37(28)50)16-6-4-5-7-33(47)48)29(27)20-30-38(51)46(44-32-15-10-25(42)19-31(32)43)40(53)41(30,35)24-8-11-26(54-3)12-9-24/h8-13,15,17-19,28-30,34-35,44,49H,4-7,14,16,20H2,1-3H3,(H,47,48)/t28-,29+,30-,34-,35-,41+/m0/s1. The molecule has 4 amide bonds. The number of aryl methyl sites for hydroxylation is 2. The van der Waals surface area contributed by atoms with E-state index in [1.54, 1.807) is 57.4 Å². The summed E-state index contributed by atoms with van der Waals surface area (Å²) in [5.41, 5.74) is 5.01. The molecule has 0 bridgehead atoms. The second kappa shape index (κ2) is 14.4. The number of rotatable bonds is 11. The number of aromatic hydroxyl groups is 1. The summed E-state index contributed by atoms with van der Waals surface area (Å²) < 4.78 is 5.47. The highest BCUT2D eigenvalue weighted by molar-refractivity contribution is 6.36. The van der Waals surface area contributed by atoms with Crippen LogP contribution in [-0.4, -0.2) is 63.4 Å². The molecule has 11 nitrogen and oxygen atoms in total. The van der Waals surface area contributed by atoms with E-state index in [-0.39, 0.29) is 48.4 Å². The van der Waals surface area contributed by atoms with E-state index in [2.05, 4.69) is 5.43 Å². The van der Waals surface area contributed by atoms with Gasteiger partial charge in [-0.2, -0.15) is 5.01 Å². The van der Waals surface area contributed by atoms with E-state index in [1.807, 2.05) is 18.2 Å². The van der Waals surface area contributed by atoms with Crippen LogP contribution in [0.25, 0.3) is 0 Å². The first-order valence-electron chi connectivity index (χ1n) is 18.1. The van der Waals surface area contributed by atoms with Crippen molar-refractivity contribution < 1.29 is 38.9 Å². The lowest BCUT2D eigenvalue weighted by molar-refractivity contribution is -0.141. The van der Waals surface area contributed by atoms with Crippen LogP contribution in [-0.2, 0) is 29.4 Å². The third kappa shape index (κ3) is 6.01. The van der Waals surface area contributed by atoms with E-state index >= 15 is 4.79 Å². The number of imide groups is 2. The first-order valence-corrected chi connectivity index (χ1v) is 18.9. The molecule has 54 heavy (non-hydrogen) atoms. The Hall–Kier alpha value is -4.87. The molecular weight excluding hydrogens is 733 g/mol. The van der Waals surface area contributed by atoms with Crippen molar-refractivity contribution in [1.82, 2.24) is 9.91 Å². The fourth-order valence-corrected chi connectivity index (χ4v) is 9.83. The van der Waals surface area contributed by atoms with Crippen LogP contribution in [0.2, 0.25) is 10.0 Å². The molecule has 13 heteroatoms. The van der Waals surface area contributed by atoms with Gasteiger partial charge in [-0.25, -0.2) is 0 Å². The fourth-order valence-electron chi connectivity index (χ4n) is 9.38. The Labute approximate surface area is 322 Å². The summed E-state index contributed by atoms with van der Waals surface area (Å²) in [5, 5.41) is 21.5. The van der Waals surface area contributed by atoms with Crippen LogP contribution in [0.3, 0.4) is 0 Å². The summed E-state index contributed by atoms with van der Waals surface area (Å²) >= 11 is 12.7. The van der Waals surface area contributed by atoms with Gasteiger partial charge in [0.05, 0.1) is 41.0 Å². The minimum absolute atomic E-state index is 0.0142. The van der Waals surface area contributed by atoms with Crippen molar-refractivity contribution >= 4 is 58.5 Å². The fraction of sp³-hybridized carbons (Fsp3) is 0.390. The van der Waals surface area contributed by atoms with Crippen LogP contribution in [0.15, 0.2) is 66.2 Å². The van der Waals surface area contributed by atoms with Crippen LogP contribution in [0.1, 0.15) is 66.7 Å². The van der Waals surface area contributed by atoms with Crippen LogP contribution in [0, 0.1) is 37.5 Å². The molecule has 2 aliphatic heterocycles. The largest absolute Gasteiger partial charge is 0.507 e. The maximum Gasteiger partial charge on any atom is 0.303 e. The van der Waals surface area contributed by atoms with Crippen LogP contribution in [0.5, 0.6) is 11.5 Å². The second-order valence-electron chi connectivity index (χ2n) is 14.7. The number of phenols is 1. The number of carbonyl (C=O) groups is 5. The van der Waals surface area contributed by atoms with Crippen molar-refractivity contribution in [3.8, 4) is 11.5 Å². The number of benzene rings is 3. The van der Waals surface area contributed by atoms with Gasteiger partial charge in [-0.1, -0.05) is 65.5 Å². The smallest absolute Gasteiger partial charge is 0.303 e. The zero-order valence-corrected chi connectivity index (χ0v) is 31.6. The number of unbranched alkanes of at least 4 members (excludes halogenated alkanes) is 2. The number of hydrazine groups is 1. The quantitative estimate of drug-likeness (QED) is 0.107. The van der Waals surface area contributed by atoms with Gasteiger partial charge in [-0.3, -0.25) is 34.3 Å². The Morgan fingerprint density at radius 3 is 2.28 bits per heavy atom. The predicted octanol–water partition coefficient (Wildman–Crippen LogP) is 6.95. The molecule has 0 radical (unpaired) electrons. The van der Waals surface area contributed by atoms with Crippen molar-refractivity contribution in [2.24, 2.45) is 23.7 Å². The number of likely N-dealkylation sites (tertiary alicyclic amines) is 1. The maximum atomic E-state index is 15.4. The summed E-state index contributed by atoms with van der Waals surface area (Å²) in [4.78, 5) is 70.8. The number of hydrogen-bond donors (Lipinski definition) is 3. The molecule has 2 aliphatic carbocycles. The minimum atomic E-state index is -1.52. The number of nitrogens with one attached hydrogen (secondary N) is 1. The Kier molecular flexibility index (Phi) is 9.99. The SMILES string of the molecule is COc1ccc([C@@]23C(=O)N(Nc4ccc(Cl)cc4Cl)C(=O)[C@@H]2C[C@@H]2C(=CC[C@@H]4C(=O)N(CCCCCC(=O)O)C(=O)[C@@H]42)[C@@H]3c2cc(C)c(O)c(C)c2)cc1. The first kappa shape index (κ1) is 37.4. The second-order valence-corrected chi connectivity index (χ2v) is 15.6. The molecule has 2 saturated heterocycles. The van der Waals surface area contributed by atoms with Crippen molar-refractivity contribution in [3.05, 3.63) is 98.5 Å². The number of ether oxygens (including phenoxy) is 1. The summed E-state index contributed by atoms with van der Waals surface area (Å²) in [7, 11) is 1.54. The molecule has 2 heterocycles. The Morgan fingerprint density at radius 1 is 0.926 bits per heavy atom. The average molecular weight is 775 g/mol. The van der Waals surface area contributed by atoms with Crippen molar-refractivity contribution in [2.45, 2.75) is 63.7 Å². The highest BCUT2D eigenvalue weighted by atomic mass is 35.5. The van der Waals surface area contributed by atoms with E-state index in [0.717, 1.165) is 10.6 Å². The number of carboxylic acids is 1. The van der Waals surface area contributed by atoms with Crippen molar-refractivity contribution in [3.63, 3.8) is 0 Å². The van der Waals surface area contributed by atoms with Gasteiger partial charge in [0.1, 0.15) is 11.5 Å². The lowest BCUT2D eigenvalue weighted by Gasteiger charge is -2.50. The van der Waals surface area contributed by atoms with Crippen LogP contribution >= 0.6 is 23.2 Å². The van der Waals surface area contributed by atoms with Gasteiger partial charge in [0.25, 0.3) is 11.8 Å². The van der Waals surface area contributed by atoms with Crippen LogP contribution < -0.4 is 10.2 Å². The molecule has 7 rings (SSSR count). The normalized spacial score (nSPS) is 26.0. The maximum absolute atomic E-state index is 15.4. The molecule has 3 fully saturated rings. The third-order valence-electron chi connectivity index (χ3n) is 11.8. The zero-order chi connectivity index (χ0) is 38.6. The molecule has 0 spiro atoms. The number of hydrogen-bond acceptors (Lipinski definition) is 8. The molecular formula is C41H41Cl2N3O8. The third-order valence-corrected chi connectivity index (χ3v) is 12.3. The predicted molar refractivity (Wildman–Crippen MR) is 201 cm³/mol. The molecule has 4 aliphatic rings. The van der Waals surface area contributed by atoms with Gasteiger partial charge in [0, 0.05) is 23.9 Å². The highest BCUT2D eigenvalue weighted by Crippen LogP contribution is 2.64. The lowest BCUT2D eigenvalue weighted by atomic mass is 9.49. The highest BCUT2D eigenvalue weighted by Gasteiger charge is 2.70. The summed E-state index contributed by atoms with van der Waals surface area (Å²) in [6, 6.07) is 15.5. The molecule has 3 aromatic rings. The van der Waals surface area contributed by atoms with Gasteiger partial charge in [-0.15, -0.1) is 0 Å². The summed E-state index contributed by atoms with van der Waals surface area (Å²) in [5.74, 6) is -5.50. The number of anilines is 1. The number of allylic oxidation sites excluding steroid dienone is 2. The molecule has 3 N–H and O–H groups in total. The molecule has 0 aromatic heterocycles. The topological polar surface area (TPSA) is 154 Å². The van der Waals surface area contributed by atoms with E-state index in [9.17, 15) is 24.3 Å². The van der Waals surface area contributed by atoms with E-state index in [1.165, 1.54) is 11.0 Å². The Morgan fingerprint density at radius 2 is 1.63 bits per heavy atom. The van der Waals surface area contributed by atoms with E-state index in [0.29, 0.717) is 58.0 Å². The number of aliphatic carboxylic acids is 1. The number of amides is 4. The van der Waals surface area contributed by atoms with E-state index < -0.39 is 52.8 Å². The summed E-state index contributed by atoms with van der Waals surface area (Å²) in [6.07, 6.45) is 3.87. The molecule has 1 saturated carbocycles. The van der Waals surface area contributed by atoms with Gasteiger partial charge in [0.15, 0.2) is 0 Å². The molecule has 3 aromatic carbocycles. The lowest BCUT2D eigenvalue weighted by Crippen LogP contribution is -2.53. The number of carboxylic acid groups (broad SMARTS) is 1. The minimum Gasteiger partial charge on any atom is -0.507 e. The number of fused-ring (bicyclic) bond motifs is 4. The summed E-state index contributed by atoms with van der Waals surface area (Å²) in [6.45, 7) is 3.74. The van der Waals surface area contributed by atoms with Crippen LogP contribution in [0.4, 0.5) is 5.69 Å². The van der Waals surface area contributed by atoms with Crippen molar-refractivity contribution in [2.75, 3.05) is 19.1 Å². The zero-order valence-electron chi connectivity index (χ0n) is 30.1. The van der Waals surface area contributed by atoms with Gasteiger partial charge in [-0.05, 0) is 98.0 Å². The van der Waals surface area contributed by atoms with Crippen molar-refractivity contribution in [1.29, 1.82) is 0 Å². The Bertz CT molecular complexity index is 2080. The number of phenolic OH excluding ortho intramolecular Hbond substituents is 1. The average Bonchev–Trinajstić information content (AvgIpc) is 3.51. The monoisotopic (exact) mass is 773 g/mol.